The number of hydrogen-bond acceptors (Lipinski definition) is 4. The summed E-state index contributed by atoms with van der Waals surface area (Å²) in [6.07, 6.45) is -1.02. The van der Waals surface area contributed by atoms with Gasteiger partial charge in [0.15, 0.2) is 11.7 Å². The number of methoxy groups -OCH3 is 1. The van der Waals surface area contributed by atoms with Crippen molar-refractivity contribution in [3.05, 3.63) is 41.6 Å². The molecule has 1 fully saturated rings. The lowest BCUT2D eigenvalue weighted by molar-refractivity contribution is -0.173. The van der Waals surface area contributed by atoms with Gasteiger partial charge in [-0.1, -0.05) is 19.1 Å². The van der Waals surface area contributed by atoms with Crippen molar-refractivity contribution in [3.8, 4) is 5.75 Å². The van der Waals surface area contributed by atoms with Crippen LogP contribution >= 0.6 is 0 Å². The quantitative estimate of drug-likeness (QED) is 0.736. The van der Waals surface area contributed by atoms with E-state index in [0.29, 0.717) is 17.9 Å². The van der Waals surface area contributed by atoms with Crippen molar-refractivity contribution in [1.29, 1.82) is 0 Å². The minimum absolute atomic E-state index is 0.0587. The second-order valence-electron chi connectivity index (χ2n) is 8.18. The Bertz CT molecular complexity index is 943. The largest absolute Gasteiger partial charge is 0.497 e. The number of carbonyl (C=O) groups excluding carboxylic acids is 1. The molecule has 0 radical (unpaired) electrons. The van der Waals surface area contributed by atoms with E-state index < -0.39 is 18.3 Å². The predicted octanol–water partition coefficient (Wildman–Crippen LogP) is 4.96. The number of nitrogens with zero attached hydrogens (tertiary/aromatic N) is 3. The number of ether oxygens (including phenoxy) is 1. The first-order valence-electron chi connectivity index (χ1n) is 10.7. The zero-order chi connectivity index (χ0) is 22.2. The van der Waals surface area contributed by atoms with Crippen LogP contribution in [-0.2, 0) is 0 Å². The fourth-order valence-electron chi connectivity index (χ4n) is 4.59. The van der Waals surface area contributed by atoms with E-state index in [1.54, 1.807) is 29.2 Å². The number of aromatic nitrogens is 2. The number of amides is 1. The van der Waals surface area contributed by atoms with Crippen LogP contribution < -0.4 is 10.1 Å². The molecule has 0 aliphatic carbocycles. The summed E-state index contributed by atoms with van der Waals surface area (Å²) in [6, 6.07) is 6.16. The molecule has 1 aromatic heterocycles. The zero-order valence-corrected chi connectivity index (χ0v) is 17.7. The molecule has 4 rings (SSSR count). The van der Waals surface area contributed by atoms with Crippen molar-refractivity contribution < 1.29 is 22.7 Å². The monoisotopic (exact) mass is 436 g/mol. The summed E-state index contributed by atoms with van der Waals surface area (Å²) in [5.74, 6) is 0.484. The van der Waals surface area contributed by atoms with Crippen LogP contribution in [0.25, 0.3) is 0 Å². The molecule has 1 N–H and O–H groups in total. The Balaban J connectivity index is 1.66. The second-order valence-corrected chi connectivity index (χ2v) is 8.18. The molecule has 0 unspecified atom stereocenters. The van der Waals surface area contributed by atoms with E-state index in [9.17, 15) is 18.0 Å². The molecule has 9 heteroatoms. The fourth-order valence-corrected chi connectivity index (χ4v) is 4.59. The molecule has 2 aliphatic heterocycles. The number of hydrogen-bond donors (Lipinski definition) is 1. The molecule has 0 bridgehead atoms. The maximum absolute atomic E-state index is 13.9. The number of alkyl halides is 3. The van der Waals surface area contributed by atoms with Crippen molar-refractivity contribution in [3.63, 3.8) is 0 Å². The summed E-state index contributed by atoms with van der Waals surface area (Å²) >= 11 is 0. The minimum atomic E-state index is -4.49. The summed E-state index contributed by atoms with van der Waals surface area (Å²) in [5.41, 5.74) is 0.749. The molecule has 1 amide bonds. The number of likely N-dealkylation sites (tertiary alicyclic amines) is 1. The average molecular weight is 436 g/mol. The first-order chi connectivity index (χ1) is 14.8. The molecular formula is C22H27F3N4O2. The third-order valence-electron chi connectivity index (χ3n) is 6.26. The van der Waals surface area contributed by atoms with E-state index >= 15 is 0 Å². The van der Waals surface area contributed by atoms with Gasteiger partial charge in [-0.25, -0.2) is 4.68 Å². The summed E-state index contributed by atoms with van der Waals surface area (Å²) in [7, 11) is 1.52. The van der Waals surface area contributed by atoms with Gasteiger partial charge in [0.05, 0.1) is 13.2 Å². The molecule has 168 valence electrons. The standard InChI is InChI=1S/C22H27F3N4O2/c1-3-15-8-4-5-10-28(15)21(30)18-13-20-26-17(14-7-6-9-16(11-14)31-2)12-19(22(23,24)25)29(20)27-18/h6-7,9,11,13,15,17,19,26H,3-5,8,10,12H2,1-2H3/t15-,17-,19+/m0/s1. The summed E-state index contributed by atoms with van der Waals surface area (Å²) in [6.45, 7) is 2.64. The first-order valence-corrected chi connectivity index (χ1v) is 10.7. The van der Waals surface area contributed by atoms with Crippen LogP contribution in [0.5, 0.6) is 5.75 Å². The molecule has 3 heterocycles. The van der Waals surface area contributed by atoms with Crippen LogP contribution in [0.2, 0.25) is 0 Å². The van der Waals surface area contributed by atoms with Crippen molar-refractivity contribution in [1.82, 2.24) is 14.7 Å². The zero-order valence-electron chi connectivity index (χ0n) is 17.7. The van der Waals surface area contributed by atoms with Gasteiger partial charge in [0.2, 0.25) is 0 Å². The number of nitrogens with one attached hydrogen (secondary N) is 1. The lowest BCUT2D eigenvalue weighted by Gasteiger charge is -2.34. The van der Waals surface area contributed by atoms with E-state index in [2.05, 4.69) is 10.4 Å². The van der Waals surface area contributed by atoms with Gasteiger partial charge in [0, 0.05) is 25.1 Å². The number of anilines is 1. The SMILES string of the molecule is CC[C@H]1CCCCN1C(=O)c1cc2n(n1)[C@@H](C(F)(F)F)C[C@@H](c1cccc(OC)c1)N2. The number of rotatable bonds is 4. The van der Waals surface area contributed by atoms with Gasteiger partial charge in [-0.15, -0.1) is 0 Å². The van der Waals surface area contributed by atoms with E-state index in [1.165, 1.54) is 13.2 Å². The molecule has 1 aromatic carbocycles. The highest BCUT2D eigenvalue weighted by molar-refractivity contribution is 5.93. The third-order valence-corrected chi connectivity index (χ3v) is 6.26. The molecule has 1 saturated heterocycles. The smallest absolute Gasteiger partial charge is 0.410 e. The van der Waals surface area contributed by atoms with Crippen LogP contribution in [0.3, 0.4) is 0 Å². The van der Waals surface area contributed by atoms with E-state index in [4.69, 9.17) is 4.74 Å². The van der Waals surface area contributed by atoms with Crippen LogP contribution in [0.4, 0.5) is 19.0 Å². The Labute approximate surface area is 179 Å². The van der Waals surface area contributed by atoms with Crippen LogP contribution in [-0.4, -0.2) is 46.5 Å². The number of fused-ring (bicyclic) bond motifs is 1. The normalized spacial score (nSPS) is 23.8. The molecular weight excluding hydrogens is 409 g/mol. The van der Waals surface area contributed by atoms with E-state index in [0.717, 1.165) is 30.4 Å². The Kier molecular flexibility index (Phi) is 5.85. The van der Waals surface area contributed by atoms with Gasteiger partial charge in [0.25, 0.3) is 5.91 Å². The van der Waals surface area contributed by atoms with Crippen molar-refractivity contribution in [2.45, 2.75) is 63.3 Å². The number of benzene rings is 1. The Hall–Kier alpha value is -2.71. The van der Waals surface area contributed by atoms with Gasteiger partial charge in [-0.05, 0) is 43.4 Å². The van der Waals surface area contributed by atoms with Gasteiger partial charge in [0.1, 0.15) is 11.6 Å². The van der Waals surface area contributed by atoms with Gasteiger partial charge < -0.3 is 15.0 Å². The highest BCUT2D eigenvalue weighted by Crippen LogP contribution is 2.44. The maximum Gasteiger partial charge on any atom is 0.410 e. The summed E-state index contributed by atoms with van der Waals surface area (Å²) in [4.78, 5) is 14.9. The molecule has 0 saturated carbocycles. The Morgan fingerprint density at radius 2 is 2.10 bits per heavy atom. The second kappa shape index (κ2) is 8.43. The van der Waals surface area contributed by atoms with Crippen LogP contribution in [0.1, 0.15) is 67.2 Å². The van der Waals surface area contributed by atoms with Crippen LogP contribution in [0, 0.1) is 0 Å². The predicted molar refractivity (Wildman–Crippen MR) is 110 cm³/mol. The summed E-state index contributed by atoms with van der Waals surface area (Å²) in [5, 5.41) is 7.27. The van der Waals surface area contributed by atoms with Gasteiger partial charge >= 0.3 is 6.18 Å². The number of halogens is 3. The van der Waals surface area contributed by atoms with E-state index in [1.807, 2.05) is 6.92 Å². The lowest BCUT2D eigenvalue weighted by atomic mass is 9.97. The number of carbonyl (C=O) groups is 1. The molecule has 2 aliphatic rings. The lowest BCUT2D eigenvalue weighted by Crippen LogP contribution is -2.43. The van der Waals surface area contributed by atoms with Crippen molar-refractivity contribution in [2.75, 3.05) is 19.0 Å². The molecule has 2 aromatic rings. The Morgan fingerprint density at radius 1 is 1.29 bits per heavy atom. The number of piperidine rings is 1. The van der Waals surface area contributed by atoms with E-state index in [-0.39, 0.29) is 29.9 Å². The van der Waals surface area contributed by atoms with Gasteiger partial charge in [-0.3, -0.25) is 4.79 Å². The topological polar surface area (TPSA) is 59.4 Å². The van der Waals surface area contributed by atoms with Crippen LogP contribution in [0.15, 0.2) is 30.3 Å². The maximum atomic E-state index is 13.9. The Morgan fingerprint density at radius 3 is 2.81 bits per heavy atom. The average Bonchev–Trinajstić information content (AvgIpc) is 3.21. The fraction of sp³-hybridized carbons (Fsp3) is 0.545. The highest BCUT2D eigenvalue weighted by atomic mass is 19.4. The van der Waals surface area contributed by atoms with Gasteiger partial charge in [-0.2, -0.15) is 18.3 Å². The molecule has 6 nitrogen and oxygen atoms in total. The van der Waals surface area contributed by atoms with Crippen molar-refractivity contribution >= 4 is 11.7 Å². The molecule has 31 heavy (non-hydrogen) atoms. The minimum Gasteiger partial charge on any atom is -0.497 e. The van der Waals surface area contributed by atoms with Crippen molar-refractivity contribution in [2.24, 2.45) is 0 Å². The third kappa shape index (κ3) is 4.22. The first kappa shape index (κ1) is 21.5. The highest BCUT2D eigenvalue weighted by Gasteiger charge is 2.47. The molecule has 3 atom stereocenters. The summed E-state index contributed by atoms with van der Waals surface area (Å²) < 4.78 is 47.9. The molecule has 0 spiro atoms.